The highest BCUT2D eigenvalue weighted by Gasteiger charge is 2.23. The average molecular weight is 342 g/mol. The van der Waals surface area contributed by atoms with Crippen LogP contribution in [0.2, 0.25) is 0 Å². The van der Waals surface area contributed by atoms with E-state index in [0.717, 1.165) is 11.3 Å². The summed E-state index contributed by atoms with van der Waals surface area (Å²) < 4.78 is 16.4. The maximum Gasteiger partial charge on any atom is 0.253 e. The van der Waals surface area contributed by atoms with E-state index >= 15 is 0 Å². The maximum absolute atomic E-state index is 12.2. The van der Waals surface area contributed by atoms with E-state index < -0.39 is 0 Å². The van der Waals surface area contributed by atoms with Crippen molar-refractivity contribution in [2.24, 2.45) is 0 Å². The smallest absolute Gasteiger partial charge is 0.253 e. The third kappa shape index (κ3) is 3.20. The molecule has 0 radical (unpaired) electrons. The second-order valence-electron chi connectivity index (χ2n) is 5.69. The molecule has 6 nitrogen and oxygen atoms in total. The van der Waals surface area contributed by atoms with Crippen molar-refractivity contribution in [2.45, 2.75) is 6.54 Å². The maximum atomic E-state index is 12.2. The molecule has 0 bridgehead atoms. The Kier molecular flexibility index (Phi) is 4.97. The Morgan fingerprint density at radius 1 is 1.00 bits per heavy atom. The molecule has 0 saturated heterocycles. The number of benzene rings is 2. The number of fused-ring (bicyclic) bond motifs is 1. The van der Waals surface area contributed by atoms with Crippen LogP contribution in [0.15, 0.2) is 36.4 Å². The fourth-order valence-electron chi connectivity index (χ4n) is 3.12. The first-order chi connectivity index (χ1) is 12.2. The molecule has 0 spiro atoms. The molecule has 1 heterocycles. The second-order valence-corrected chi connectivity index (χ2v) is 5.69. The number of rotatable bonds is 5. The Hall–Kier alpha value is -2.89. The quantitative estimate of drug-likeness (QED) is 0.904. The zero-order valence-corrected chi connectivity index (χ0v) is 14.7. The highest BCUT2D eigenvalue weighted by Crippen LogP contribution is 2.40. The number of methoxy groups -OCH3 is 3. The van der Waals surface area contributed by atoms with Gasteiger partial charge >= 0.3 is 0 Å². The second kappa shape index (κ2) is 7.34. The van der Waals surface area contributed by atoms with Crippen LogP contribution in [0.25, 0.3) is 0 Å². The molecular formula is C19H22N2O4. The van der Waals surface area contributed by atoms with Gasteiger partial charge in [0.05, 0.1) is 26.9 Å². The molecule has 2 aromatic rings. The van der Waals surface area contributed by atoms with Crippen LogP contribution in [0.5, 0.6) is 17.2 Å². The minimum Gasteiger partial charge on any atom is -0.493 e. The van der Waals surface area contributed by atoms with E-state index in [1.165, 1.54) is 0 Å². The molecule has 1 aliphatic heterocycles. The van der Waals surface area contributed by atoms with Crippen LogP contribution in [0.4, 0.5) is 5.69 Å². The number of nitrogens with zero attached hydrogens (tertiary/aromatic N) is 1. The van der Waals surface area contributed by atoms with Gasteiger partial charge in [-0.1, -0.05) is 12.1 Å². The Morgan fingerprint density at radius 2 is 1.76 bits per heavy atom. The average Bonchev–Trinajstić information content (AvgIpc) is 2.81. The van der Waals surface area contributed by atoms with Crippen LogP contribution in [0.3, 0.4) is 0 Å². The van der Waals surface area contributed by atoms with Crippen LogP contribution in [-0.2, 0) is 6.54 Å². The van der Waals surface area contributed by atoms with Crippen molar-refractivity contribution in [1.82, 2.24) is 5.32 Å². The predicted molar refractivity (Wildman–Crippen MR) is 95.9 cm³/mol. The van der Waals surface area contributed by atoms with Crippen molar-refractivity contribution in [1.29, 1.82) is 0 Å². The van der Waals surface area contributed by atoms with Crippen LogP contribution in [0, 0.1) is 0 Å². The van der Waals surface area contributed by atoms with Crippen LogP contribution >= 0.6 is 0 Å². The SMILES string of the molecule is COc1ccc(CN2CCNC(=O)c3ccccc32)c(OC)c1OC. The summed E-state index contributed by atoms with van der Waals surface area (Å²) in [6.45, 7) is 1.89. The number of carbonyl (C=O) groups excluding carboxylic acids is 1. The number of ether oxygens (including phenoxy) is 3. The zero-order valence-electron chi connectivity index (χ0n) is 14.7. The van der Waals surface area contributed by atoms with E-state index in [-0.39, 0.29) is 5.91 Å². The summed E-state index contributed by atoms with van der Waals surface area (Å²) >= 11 is 0. The highest BCUT2D eigenvalue weighted by molar-refractivity contribution is 6.00. The van der Waals surface area contributed by atoms with Crippen molar-refractivity contribution in [2.75, 3.05) is 39.3 Å². The molecule has 0 aromatic heterocycles. The third-order valence-electron chi connectivity index (χ3n) is 4.30. The molecule has 1 N–H and O–H groups in total. The van der Waals surface area contributed by atoms with Crippen LogP contribution in [-0.4, -0.2) is 40.3 Å². The van der Waals surface area contributed by atoms with Gasteiger partial charge in [-0.3, -0.25) is 4.79 Å². The molecule has 3 rings (SSSR count). The molecule has 2 aromatic carbocycles. The molecule has 132 valence electrons. The topological polar surface area (TPSA) is 60.0 Å². The van der Waals surface area contributed by atoms with E-state index in [1.54, 1.807) is 21.3 Å². The van der Waals surface area contributed by atoms with Crippen molar-refractivity contribution < 1.29 is 19.0 Å². The molecule has 0 atom stereocenters. The lowest BCUT2D eigenvalue weighted by molar-refractivity contribution is 0.0958. The van der Waals surface area contributed by atoms with Crippen molar-refractivity contribution in [3.05, 3.63) is 47.5 Å². The Morgan fingerprint density at radius 3 is 2.48 bits per heavy atom. The third-order valence-corrected chi connectivity index (χ3v) is 4.30. The number of nitrogens with one attached hydrogen (secondary N) is 1. The van der Waals surface area contributed by atoms with Crippen LogP contribution in [0.1, 0.15) is 15.9 Å². The number of carbonyl (C=O) groups is 1. The summed E-state index contributed by atoms with van der Waals surface area (Å²) in [4.78, 5) is 14.4. The van der Waals surface area contributed by atoms with Gasteiger partial charge in [-0.05, 0) is 24.3 Å². The van der Waals surface area contributed by atoms with Crippen molar-refractivity contribution >= 4 is 11.6 Å². The summed E-state index contributed by atoms with van der Waals surface area (Å²) in [7, 11) is 4.80. The monoisotopic (exact) mass is 342 g/mol. The first kappa shape index (κ1) is 17.0. The lowest BCUT2D eigenvalue weighted by Gasteiger charge is -2.25. The number of anilines is 1. The Labute approximate surface area is 147 Å². The first-order valence-electron chi connectivity index (χ1n) is 8.09. The summed E-state index contributed by atoms with van der Waals surface area (Å²) in [5.41, 5.74) is 2.55. The number of hydrogen-bond donors (Lipinski definition) is 1. The van der Waals surface area contributed by atoms with Crippen molar-refractivity contribution in [3.63, 3.8) is 0 Å². The Balaban J connectivity index is 2.00. The fourth-order valence-corrected chi connectivity index (χ4v) is 3.12. The lowest BCUT2D eigenvalue weighted by Crippen LogP contribution is -2.29. The van der Waals surface area contributed by atoms with E-state index in [0.29, 0.717) is 42.4 Å². The van der Waals surface area contributed by atoms with Gasteiger partial charge in [-0.2, -0.15) is 0 Å². The molecular weight excluding hydrogens is 320 g/mol. The predicted octanol–water partition coefficient (Wildman–Crippen LogP) is 2.46. The standard InChI is InChI=1S/C19H22N2O4/c1-23-16-9-8-13(17(24-2)18(16)25-3)12-21-11-10-20-19(22)14-6-4-5-7-15(14)21/h4-9H,10-12H2,1-3H3,(H,20,22). The summed E-state index contributed by atoms with van der Waals surface area (Å²) in [6, 6.07) is 11.4. The lowest BCUT2D eigenvalue weighted by atomic mass is 10.1. The van der Waals surface area contributed by atoms with E-state index in [2.05, 4.69) is 10.2 Å². The molecule has 0 aliphatic carbocycles. The largest absolute Gasteiger partial charge is 0.493 e. The molecule has 6 heteroatoms. The van der Waals surface area contributed by atoms with Gasteiger partial charge in [-0.15, -0.1) is 0 Å². The summed E-state index contributed by atoms with van der Waals surface area (Å²) in [6.07, 6.45) is 0. The molecule has 25 heavy (non-hydrogen) atoms. The van der Waals surface area contributed by atoms with Gasteiger partial charge < -0.3 is 24.4 Å². The van der Waals surface area contributed by atoms with Crippen molar-refractivity contribution in [3.8, 4) is 17.2 Å². The zero-order chi connectivity index (χ0) is 17.8. The molecule has 0 saturated carbocycles. The highest BCUT2D eigenvalue weighted by atomic mass is 16.5. The van der Waals surface area contributed by atoms with Crippen LogP contribution < -0.4 is 24.4 Å². The fraction of sp³-hybridized carbons (Fsp3) is 0.316. The number of para-hydroxylation sites is 1. The van der Waals surface area contributed by atoms with Gasteiger partial charge in [0.15, 0.2) is 11.5 Å². The first-order valence-corrected chi connectivity index (χ1v) is 8.09. The van der Waals surface area contributed by atoms with Gasteiger partial charge in [0.25, 0.3) is 5.91 Å². The van der Waals surface area contributed by atoms with E-state index in [9.17, 15) is 4.79 Å². The molecule has 1 aliphatic rings. The summed E-state index contributed by atoms with van der Waals surface area (Å²) in [5.74, 6) is 1.79. The Bertz CT molecular complexity index is 776. The molecule has 1 amide bonds. The summed E-state index contributed by atoms with van der Waals surface area (Å²) in [5, 5.41) is 2.93. The molecule has 0 fully saturated rings. The normalized spacial score (nSPS) is 13.6. The van der Waals surface area contributed by atoms with Gasteiger partial charge in [0.1, 0.15) is 0 Å². The number of hydrogen-bond acceptors (Lipinski definition) is 5. The molecule has 0 unspecified atom stereocenters. The number of amides is 1. The van der Waals surface area contributed by atoms with E-state index in [4.69, 9.17) is 14.2 Å². The van der Waals surface area contributed by atoms with Gasteiger partial charge in [0.2, 0.25) is 5.75 Å². The minimum absolute atomic E-state index is 0.0441. The minimum atomic E-state index is -0.0441. The van der Waals surface area contributed by atoms with E-state index in [1.807, 2.05) is 36.4 Å². The van der Waals surface area contributed by atoms with Gasteiger partial charge in [0, 0.05) is 30.9 Å². The van der Waals surface area contributed by atoms with Gasteiger partial charge in [-0.25, -0.2) is 0 Å².